The quantitative estimate of drug-likeness (QED) is 0.667. The number of carbonyl (C=O) groups excluding carboxylic acids is 1. The Balaban J connectivity index is 0.000000989. The van der Waals surface area contributed by atoms with Crippen molar-refractivity contribution in [2.45, 2.75) is 33.6 Å². The first-order valence-corrected chi connectivity index (χ1v) is 9.66. The molecule has 1 saturated carbocycles. The highest BCUT2D eigenvalue weighted by molar-refractivity contribution is 5.73. The Bertz CT molecular complexity index is 781. The lowest BCUT2D eigenvalue weighted by Gasteiger charge is -2.07. The largest absolute Gasteiger partial charge is 0.477 e. The van der Waals surface area contributed by atoms with Gasteiger partial charge in [0.2, 0.25) is 17.7 Å². The number of carbonyl (C=O) groups is 1. The van der Waals surface area contributed by atoms with Crippen LogP contribution in [0, 0.1) is 18.8 Å². The lowest BCUT2D eigenvalue weighted by molar-refractivity contribution is -0.118. The predicted molar refractivity (Wildman–Crippen MR) is 116 cm³/mol. The summed E-state index contributed by atoms with van der Waals surface area (Å²) in [6, 6.07) is 7.24. The third-order valence-electron chi connectivity index (χ3n) is 3.63. The van der Waals surface area contributed by atoms with Crippen molar-refractivity contribution in [1.82, 2.24) is 15.3 Å². The number of ether oxygens (including phenoxy) is 2. The normalized spacial score (nSPS) is 12.0. The van der Waals surface area contributed by atoms with E-state index in [9.17, 15) is 4.79 Å². The highest BCUT2D eigenvalue weighted by Crippen LogP contribution is 2.30. The Hall–Kier alpha value is -3.33. The average Bonchev–Trinajstić information content (AvgIpc) is 3.59. The molecule has 0 aliphatic heterocycles. The third kappa shape index (κ3) is 9.96. The van der Waals surface area contributed by atoms with Crippen molar-refractivity contribution < 1.29 is 14.3 Å². The van der Waals surface area contributed by atoms with Gasteiger partial charge in [-0.2, -0.15) is 0 Å². The van der Waals surface area contributed by atoms with Gasteiger partial charge in [0.05, 0.1) is 6.61 Å². The number of terminal acetylenes is 1. The van der Waals surface area contributed by atoms with E-state index in [-0.39, 0.29) is 5.91 Å². The fourth-order valence-corrected chi connectivity index (χ4v) is 2.09. The van der Waals surface area contributed by atoms with Crippen molar-refractivity contribution in [3.05, 3.63) is 48.3 Å². The molecule has 1 N–H and O–H groups in total. The minimum absolute atomic E-state index is 0.0515. The molecule has 1 amide bonds. The molecule has 6 heteroatoms. The summed E-state index contributed by atoms with van der Waals surface area (Å²) in [5, 5.41) is 2.70. The van der Waals surface area contributed by atoms with Crippen LogP contribution < -0.4 is 14.8 Å². The van der Waals surface area contributed by atoms with Gasteiger partial charge in [-0.05, 0) is 36.5 Å². The van der Waals surface area contributed by atoms with Crippen LogP contribution in [0.4, 0.5) is 0 Å². The van der Waals surface area contributed by atoms with Crippen LogP contribution in [0.2, 0.25) is 0 Å². The number of amides is 1. The van der Waals surface area contributed by atoms with Crippen LogP contribution in [0.1, 0.15) is 39.2 Å². The van der Waals surface area contributed by atoms with E-state index in [2.05, 4.69) is 28.1 Å². The summed E-state index contributed by atoms with van der Waals surface area (Å²) >= 11 is 0. The second-order valence-corrected chi connectivity index (χ2v) is 5.96. The van der Waals surface area contributed by atoms with Gasteiger partial charge in [-0.3, -0.25) is 4.79 Å². The first-order chi connectivity index (χ1) is 14.2. The van der Waals surface area contributed by atoms with Crippen LogP contribution in [0.15, 0.2) is 42.7 Å². The van der Waals surface area contributed by atoms with Crippen molar-refractivity contribution in [2.75, 3.05) is 13.2 Å². The molecule has 0 bridgehead atoms. The van der Waals surface area contributed by atoms with Gasteiger partial charge >= 0.3 is 0 Å². The Morgan fingerprint density at radius 3 is 2.59 bits per heavy atom. The summed E-state index contributed by atoms with van der Waals surface area (Å²) in [6.45, 7) is 6.70. The molecule has 6 nitrogen and oxygen atoms in total. The summed E-state index contributed by atoms with van der Waals surface area (Å²) in [7, 11) is 0. The molecule has 0 saturated heterocycles. The molecule has 0 unspecified atom stereocenters. The molecular weight excluding hydrogens is 366 g/mol. The number of hydrogen-bond donors (Lipinski definition) is 1. The van der Waals surface area contributed by atoms with E-state index in [1.165, 1.54) is 19.8 Å². The number of pyridine rings is 2. The molecule has 2 aromatic heterocycles. The lowest BCUT2D eigenvalue weighted by Crippen LogP contribution is -2.19. The maximum absolute atomic E-state index is 10.8. The molecule has 1 fully saturated rings. The highest BCUT2D eigenvalue weighted by Gasteiger charge is 2.22. The zero-order valence-electron chi connectivity index (χ0n) is 17.3. The fraction of sp³-hybridized carbons (Fsp3) is 0.348. The minimum atomic E-state index is -0.0515. The summed E-state index contributed by atoms with van der Waals surface area (Å²) < 4.78 is 11.4. The van der Waals surface area contributed by atoms with Crippen LogP contribution in [-0.4, -0.2) is 29.0 Å². The SMILES string of the molecule is C#C.CC.CC(=O)NC/C=C/c1ccc(Oc2ccnc(OCC3CC3)c2)nc1. The topological polar surface area (TPSA) is 73.3 Å². The Morgan fingerprint density at radius 1 is 1.21 bits per heavy atom. The first kappa shape index (κ1) is 23.7. The van der Waals surface area contributed by atoms with E-state index in [1.807, 2.05) is 32.1 Å². The van der Waals surface area contributed by atoms with Crippen LogP contribution in [0.5, 0.6) is 17.5 Å². The minimum Gasteiger partial charge on any atom is -0.477 e. The Labute approximate surface area is 173 Å². The van der Waals surface area contributed by atoms with Gasteiger partial charge in [-0.15, -0.1) is 12.8 Å². The van der Waals surface area contributed by atoms with E-state index in [0.717, 1.165) is 5.56 Å². The molecule has 3 rings (SSSR count). The standard InChI is InChI=1S/C19H21N3O3.C2H6.C2H2/c1-14(23)20-9-2-3-15-6-7-18(22-12-15)25-17-8-10-21-19(11-17)24-13-16-4-5-16;2*1-2/h2-3,6-8,10-12,16H,4-5,9,13H2,1H3,(H,20,23);1-2H3;1-2H/b3-2+;;. The van der Waals surface area contributed by atoms with Crippen LogP contribution >= 0.6 is 0 Å². The summed E-state index contributed by atoms with van der Waals surface area (Å²) in [4.78, 5) is 19.3. The second kappa shape index (κ2) is 13.8. The van der Waals surface area contributed by atoms with Gasteiger partial charge in [0.1, 0.15) is 5.75 Å². The van der Waals surface area contributed by atoms with Crippen molar-refractivity contribution >= 4 is 12.0 Å². The maximum atomic E-state index is 10.8. The average molecular weight is 396 g/mol. The molecule has 29 heavy (non-hydrogen) atoms. The second-order valence-electron chi connectivity index (χ2n) is 5.96. The molecule has 0 spiro atoms. The van der Waals surface area contributed by atoms with Gasteiger partial charge < -0.3 is 14.8 Å². The molecule has 0 aromatic carbocycles. The zero-order chi connectivity index (χ0) is 21.5. The smallest absolute Gasteiger partial charge is 0.219 e. The van der Waals surface area contributed by atoms with E-state index in [4.69, 9.17) is 9.47 Å². The number of nitrogens with zero attached hydrogens (tertiary/aromatic N) is 2. The molecule has 154 valence electrons. The van der Waals surface area contributed by atoms with Gasteiger partial charge in [-0.1, -0.05) is 26.0 Å². The molecule has 2 aromatic rings. The van der Waals surface area contributed by atoms with E-state index in [1.54, 1.807) is 30.6 Å². The lowest BCUT2D eigenvalue weighted by atomic mass is 10.2. The molecule has 1 aliphatic rings. The number of nitrogens with one attached hydrogen (secondary N) is 1. The summed E-state index contributed by atoms with van der Waals surface area (Å²) in [6.07, 6.45) is 17.6. The monoisotopic (exact) mass is 395 g/mol. The highest BCUT2D eigenvalue weighted by atomic mass is 16.5. The van der Waals surface area contributed by atoms with Crippen LogP contribution in [0.25, 0.3) is 6.08 Å². The third-order valence-corrected chi connectivity index (χ3v) is 3.63. The van der Waals surface area contributed by atoms with Crippen molar-refractivity contribution in [3.8, 4) is 30.4 Å². The fourth-order valence-electron chi connectivity index (χ4n) is 2.09. The van der Waals surface area contributed by atoms with Crippen molar-refractivity contribution in [2.24, 2.45) is 5.92 Å². The predicted octanol–water partition coefficient (Wildman–Crippen LogP) is 4.48. The summed E-state index contributed by atoms with van der Waals surface area (Å²) in [5.74, 6) is 2.34. The van der Waals surface area contributed by atoms with E-state index in [0.29, 0.717) is 36.6 Å². The summed E-state index contributed by atoms with van der Waals surface area (Å²) in [5.41, 5.74) is 0.931. The van der Waals surface area contributed by atoms with Crippen LogP contribution in [-0.2, 0) is 4.79 Å². The van der Waals surface area contributed by atoms with E-state index >= 15 is 0 Å². The van der Waals surface area contributed by atoms with Gasteiger partial charge in [-0.25, -0.2) is 9.97 Å². The number of rotatable bonds is 8. The van der Waals surface area contributed by atoms with Gasteiger partial charge in [0, 0.05) is 38.0 Å². The Kier molecular flexibility index (Phi) is 11.3. The number of hydrogen-bond acceptors (Lipinski definition) is 5. The molecule has 0 atom stereocenters. The number of aromatic nitrogens is 2. The van der Waals surface area contributed by atoms with E-state index < -0.39 is 0 Å². The first-order valence-electron chi connectivity index (χ1n) is 9.66. The maximum Gasteiger partial charge on any atom is 0.219 e. The van der Waals surface area contributed by atoms with Gasteiger partial charge in [0.15, 0.2) is 0 Å². The van der Waals surface area contributed by atoms with Gasteiger partial charge in [0.25, 0.3) is 0 Å². The molecule has 1 aliphatic carbocycles. The van der Waals surface area contributed by atoms with Crippen molar-refractivity contribution in [3.63, 3.8) is 0 Å². The molecule has 2 heterocycles. The molecular formula is C23H29N3O3. The van der Waals surface area contributed by atoms with Crippen LogP contribution in [0.3, 0.4) is 0 Å². The molecule has 0 radical (unpaired) electrons. The van der Waals surface area contributed by atoms with Crippen molar-refractivity contribution in [1.29, 1.82) is 0 Å². The zero-order valence-corrected chi connectivity index (χ0v) is 17.3. The Morgan fingerprint density at radius 2 is 1.97 bits per heavy atom.